The summed E-state index contributed by atoms with van der Waals surface area (Å²) in [4.78, 5) is 16.7. The third kappa shape index (κ3) is 5.63. The summed E-state index contributed by atoms with van der Waals surface area (Å²) in [5, 5.41) is 12.1. The molecule has 218 valence electrons. The van der Waals surface area contributed by atoms with E-state index in [2.05, 4.69) is 20.0 Å². The number of nitrogens with one attached hydrogen (secondary N) is 1. The van der Waals surface area contributed by atoms with E-state index in [1.165, 1.54) is 10.7 Å². The first-order chi connectivity index (χ1) is 18.6. The maximum atomic E-state index is 13.5. The highest BCUT2D eigenvalue weighted by Crippen LogP contribution is 2.39. The van der Waals surface area contributed by atoms with Crippen LogP contribution in [0.1, 0.15) is 65.8 Å². The molecule has 0 unspecified atom stereocenters. The lowest BCUT2D eigenvalue weighted by Crippen LogP contribution is -2.59. The van der Waals surface area contributed by atoms with Crippen molar-refractivity contribution in [1.29, 1.82) is 0 Å². The predicted octanol–water partition coefficient (Wildman–Crippen LogP) is 4.48. The van der Waals surface area contributed by atoms with Crippen molar-refractivity contribution in [2.24, 2.45) is 0 Å². The molecule has 0 bridgehead atoms. The molecule has 1 saturated heterocycles. The van der Waals surface area contributed by atoms with Crippen LogP contribution in [-0.2, 0) is 14.8 Å². The number of aromatic nitrogens is 4. The topological polar surface area (TPSA) is 123 Å². The van der Waals surface area contributed by atoms with Crippen LogP contribution in [0, 0.1) is 0 Å². The van der Waals surface area contributed by atoms with E-state index < -0.39 is 38.7 Å². The van der Waals surface area contributed by atoms with E-state index in [1.54, 1.807) is 17.2 Å². The third-order valence-electron chi connectivity index (χ3n) is 6.99. The second kappa shape index (κ2) is 9.87. The number of ether oxygens (including phenoxy) is 1. The quantitative estimate of drug-likeness (QED) is 0.442. The van der Waals surface area contributed by atoms with Crippen molar-refractivity contribution in [3.05, 3.63) is 23.3 Å². The Bertz CT molecular complexity index is 1530. The zero-order valence-electron chi connectivity index (χ0n) is 23.2. The lowest BCUT2D eigenvalue weighted by Gasteiger charge is -2.45. The second-order valence-electron chi connectivity index (χ2n) is 11.8. The molecule has 1 aromatic carbocycles. The van der Waals surface area contributed by atoms with E-state index in [9.17, 15) is 22.0 Å². The molecule has 3 aromatic rings. The number of nitrogens with zero attached hydrogens (tertiary/aromatic N) is 6. The van der Waals surface area contributed by atoms with Crippen LogP contribution in [0.15, 0.2) is 23.2 Å². The van der Waals surface area contributed by atoms with Gasteiger partial charge in [-0.05, 0) is 66.5 Å². The van der Waals surface area contributed by atoms with Gasteiger partial charge >= 0.3 is 6.09 Å². The normalized spacial score (nSPS) is 21.3. The Labute approximate surface area is 235 Å². The van der Waals surface area contributed by atoms with Crippen LogP contribution >= 0.6 is 11.3 Å². The van der Waals surface area contributed by atoms with Gasteiger partial charge in [-0.15, -0.1) is 10.2 Å². The molecule has 0 radical (unpaired) electrons. The highest BCUT2D eigenvalue weighted by molar-refractivity contribution is 7.89. The Morgan fingerprint density at radius 3 is 2.38 bits per heavy atom. The summed E-state index contributed by atoms with van der Waals surface area (Å²) in [7, 11) is -3.92. The van der Waals surface area contributed by atoms with Gasteiger partial charge in [0.05, 0.1) is 28.7 Å². The summed E-state index contributed by atoms with van der Waals surface area (Å²) in [5.41, 5.74) is -0.143. The first-order valence-electron chi connectivity index (χ1n) is 13.0. The number of sulfonamides is 1. The van der Waals surface area contributed by atoms with Crippen molar-refractivity contribution in [3.8, 4) is 5.13 Å². The number of halogens is 2. The first-order valence-corrected chi connectivity index (χ1v) is 15.3. The number of benzene rings is 1. The number of amides is 1. The highest BCUT2D eigenvalue weighted by Gasteiger charge is 2.42. The average molecular weight is 598 g/mol. The average Bonchev–Trinajstić information content (AvgIpc) is 3.21. The monoisotopic (exact) mass is 597 g/mol. The zero-order chi connectivity index (χ0) is 29.2. The fraction of sp³-hybridized carbons (Fsp3) is 0.600. The Morgan fingerprint density at radius 2 is 1.82 bits per heavy atom. The van der Waals surface area contributed by atoms with E-state index in [0.29, 0.717) is 41.0 Å². The number of piperazine rings is 1. The molecule has 15 heteroatoms. The Hall–Kier alpha value is -2.91. The lowest BCUT2D eigenvalue weighted by atomic mass is 10.1. The van der Waals surface area contributed by atoms with Gasteiger partial charge in [-0.1, -0.05) is 11.3 Å². The summed E-state index contributed by atoms with van der Waals surface area (Å²) in [6.07, 6.45) is -0.151. The standard InChI is InChI=1S/C25H33F2N7O4S2/c1-14-12-32(13-15(2)33(14)23(35)38-24(3,4)5)18-9-16(40(36,37)31-25(6)7-8-25)10-19-17(18)11-28-34(19)22-30-29-21(39-22)20(26)27/h9-11,14-15,20,31H,7-8,12-13H2,1-6H3/t14-,15-/m1/s1. The molecule has 2 atom stereocenters. The minimum Gasteiger partial charge on any atom is -0.444 e. The Morgan fingerprint density at radius 1 is 1.18 bits per heavy atom. The van der Waals surface area contributed by atoms with E-state index in [0.717, 1.165) is 12.8 Å². The van der Waals surface area contributed by atoms with Gasteiger partial charge in [0, 0.05) is 29.7 Å². The van der Waals surface area contributed by atoms with Crippen molar-refractivity contribution in [2.45, 2.75) is 88.9 Å². The predicted molar refractivity (Wildman–Crippen MR) is 147 cm³/mol. The molecule has 2 aromatic heterocycles. The molecule has 11 nitrogen and oxygen atoms in total. The van der Waals surface area contributed by atoms with Crippen LogP contribution in [0.4, 0.5) is 19.3 Å². The number of hydrogen-bond donors (Lipinski definition) is 1. The van der Waals surface area contributed by atoms with Crippen LogP contribution in [0.25, 0.3) is 16.0 Å². The molecular weight excluding hydrogens is 564 g/mol. The van der Waals surface area contributed by atoms with Gasteiger partial charge in [-0.3, -0.25) is 4.90 Å². The summed E-state index contributed by atoms with van der Waals surface area (Å²) in [6.45, 7) is 11.9. The largest absolute Gasteiger partial charge is 0.444 e. The minimum absolute atomic E-state index is 0.0263. The molecule has 1 aliphatic heterocycles. The summed E-state index contributed by atoms with van der Waals surface area (Å²) in [6, 6.07) is 2.59. The molecule has 1 amide bonds. The van der Waals surface area contributed by atoms with Gasteiger partial charge in [-0.25, -0.2) is 31.4 Å². The molecule has 40 heavy (non-hydrogen) atoms. The van der Waals surface area contributed by atoms with Crippen LogP contribution in [-0.4, -0.2) is 75.7 Å². The molecule has 1 N–H and O–H groups in total. The minimum atomic E-state index is -3.92. The number of carbonyl (C=O) groups excluding carboxylic acids is 1. The van der Waals surface area contributed by atoms with Gasteiger partial charge in [0.2, 0.25) is 15.2 Å². The maximum absolute atomic E-state index is 13.5. The summed E-state index contributed by atoms with van der Waals surface area (Å²) >= 11 is 0.689. The van der Waals surface area contributed by atoms with Gasteiger partial charge < -0.3 is 9.64 Å². The van der Waals surface area contributed by atoms with Crippen molar-refractivity contribution in [2.75, 3.05) is 18.0 Å². The number of hydrogen-bond acceptors (Lipinski definition) is 9. The number of rotatable bonds is 6. The van der Waals surface area contributed by atoms with E-state index in [1.807, 2.05) is 46.4 Å². The van der Waals surface area contributed by atoms with Crippen LogP contribution in [0.2, 0.25) is 0 Å². The highest BCUT2D eigenvalue weighted by atomic mass is 32.2. The lowest BCUT2D eigenvalue weighted by molar-refractivity contribution is 0.00567. The van der Waals surface area contributed by atoms with Crippen molar-refractivity contribution < 1.29 is 26.7 Å². The van der Waals surface area contributed by atoms with Crippen molar-refractivity contribution in [1.82, 2.24) is 29.6 Å². The third-order valence-corrected chi connectivity index (χ3v) is 9.52. The smallest absolute Gasteiger partial charge is 0.410 e. The number of fused-ring (bicyclic) bond motifs is 1. The molecule has 2 fully saturated rings. The van der Waals surface area contributed by atoms with E-state index in [-0.39, 0.29) is 22.1 Å². The molecular formula is C25H33F2N7O4S2. The molecule has 1 aliphatic carbocycles. The fourth-order valence-corrected chi connectivity index (χ4v) is 7.10. The fourth-order valence-electron chi connectivity index (χ4n) is 4.92. The number of anilines is 1. The number of carbonyl (C=O) groups is 1. The molecule has 2 aliphatic rings. The summed E-state index contributed by atoms with van der Waals surface area (Å²) in [5.74, 6) is 0. The molecule has 1 saturated carbocycles. The first kappa shape index (κ1) is 28.6. The van der Waals surface area contributed by atoms with Crippen molar-refractivity contribution >= 4 is 44.0 Å². The van der Waals surface area contributed by atoms with E-state index >= 15 is 0 Å². The maximum Gasteiger partial charge on any atom is 0.410 e. The SMILES string of the molecule is C[C@@H]1CN(c2cc(S(=O)(=O)NC3(C)CC3)cc3c2cnn3-c2nnc(C(F)F)s2)C[C@@H](C)N1C(=O)OC(C)(C)C. The van der Waals surface area contributed by atoms with Crippen LogP contribution in [0.5, 0.6) is 0 Å². The van der Waals surface area contributed by atoms with Crippen LogP contribution < -0.4 is 9.62 Å². The Kier molecular flexibility index (Phi) is 7.06. The van der Waals surface area contributed by atoms with Gasteiger partial charge in [0.15, 0.2) is 5.01 Å². The van der Waals surface area contributed by atoms with Gasteiger partial charge in [0.1, 0.15) is 5.60 Å². The zero-order valence-corrected chi connectivity index (χ0v) is 24.8. The van der Waals surface area contributed by atoms with E-state index in [4.69, 9.17) is 4.74 Å². The van der Waals surface area contributed by atoms with Gasteiger partial charge in [0.25, 0.3) is 6.43 Å². The van der Waals surface area contributed by atoms with Crippen LogP contribution in [0.3, 0.4) is 0 Å². The second-order valence-corrected chi connectivity index (χ2v) is 14.5. The molecule has 5 rings (SSSR count). The molecule has 3 heterocycles. The number of alkyl halides is 2. The van der Waals surface area contributed by atoms with Gasteiger partial charge in [-0.2, -0.15) is 5.10 Å². The molecule has 0 spiro atoms. The van der Waals surface area contributed by atoms with Crippen molar-refractivity contribution in [3.63, 3.8) is 0 Å². The summed E-state index contributed by atoms with van der Waals surface area (Å²) < 4.78 is 63.1. The Balaban J connectivity index is 1.57.